The molecule has 0 aromatic carbocycles. The van der Waals surface area contributed by atoms with Gasteiger partial charge in [0.15, 0.2) is 0 Å². The van der Waals surface area contributed by atoms with Crippen LogP contribution in [0.5, 0.6) is 0 Å². The fourth-order valence-electron chi connectivity index (χ4n) is 6.08. The lowest BCUT2D eigenvalue weighted by molar-refractivity contribution is -0.776. The third kappa shape index (κ3) is 20.8. The molecule has 39 heavy (non-hydrogen) atoms. The van der Waals surface area contributed by atoms with Crippen molar-refractivity contribution in [3.8, 4) is 0 Å². The van der Waals surface area contributed by atoms with Crippen LogP contribution in [0.25, 0.3) is 0 Å². The zero-order chi connectivity index (χ0) is 28.9. The number of unbranched alkanes of at least 4 members (excludes halogenated alkanes) is 24. The first kappa shape index (κ1) is 38.3. The smallest absolute Gasteiger partial charge is 0.230 e. The van der Waals surface area contributed by atoms with Crippen molar-refractivity contribution in [3.63, 3.8) is 0 Å². The summed E-state index contributed by atoms with van der Waals surface area (Å²) in [5.74, 6) is 0.338. The second-order valence-electron chi connectivity index (χ2n) is 12.4. The molecule has 0 aliphatic heterocycles. The zero-order valence-electron chi connectivity index (χ0n) is 27.5. The predicted octanol–water partition coefficient (Wildman–Crippen LogP) is 11.9. The summed E-state index contributed by atoms with van der Waals surface area (Å²) < 4.78 is 0.0799. The molecular weight excluding hydrogens is 478 g/mol. The molecule has 0 N–H and O–H groups in total. The molecule has 0 saturated heterocycles. The second kappa shape index (κ2) is 28.8. The molecule has 3 nitrogen and oxygen atoms in total. The molecule has 0 heterocycles. The van der Waals surface area contributed by atoms with Crippen LogP contribution >= 0.6 is 0 Å². The Morgan fingerprint density at radius 1 is 0.333 bits per heavy atom. The molecule has 3 heteroatoms. The van der Waals surface area contributed by atoms with Crippen molar-refractivity contribution in [1.29, 1.82) is 0 Å². The summed E-state index contributed by atoms with van der Waals surface area (Å²) in [6.07, 6.45) is 35.3. The van der Waals surface area contributed by atoms with E-state index in [0.717, 1.165) is 25.7 Å². The molecular formula is C36H72NO2+. The van der Waals surface area contributed by atoms with E-state index in [1.165, 1.54) is 141 Å². The van der Waals surface area contributed by atoms with Crippen LogP contribution in [0.3, 0.4) is 0 Å². The van der Waals surface area contributed by atoms with Crippen LogP contribution < -0.4 is 0 Å². The van der Waals surface area contributed by atoms with Crippen LogP contribution in [0.2, 0.25) is 0 Å². The van der Waals surface area contributed by atoms with Crippen LogP contribution in [0.1, 0.15) is 207 Å². The summed E-state index contributed by atoms with van der Waals surface area (Å²) >= 11 is 0. The van der Waals surface area contributed by atoms with Gasteiger partial charge in [-0.2, -0.15) is 4.48 Å². The first-order valence-corrected chi connectivity index (χ1v) is 18.0. The van der Waals surface area contributed by atoms with Crippen molar-refractivity contribution in [3.05, 3.63) is 0 Å². The lowest BCUT2D eigenvalue weighted by Gasteiger charge is -2.31. The van der Waals surface area contributed by atoms with Gasteiger partial charge >= 0.3 is 11.8 Å². The Bertz CT molecular complexity index is 496. The van der Waals surface area contributed by atoms with Crippen molar-refractivity contribution in [2.45, 2.75) is 207 Å². The molecule has 0 bridgehead atoms. The maximum Gasteiger partial charge on any atom is 0.321 e. The van der Waals surface area contributed by atoms with Gasteiger partial charge in [0.2, 0.25) is 0 Å². The molecule has 0 rings (SSSR count). The van der Waals surface area contributed by atoms with Gasteiger partial charge < -0.3 is 0 Å². The van der Waals surface area contributed by atoms with E-state index >= 15 is 0 Å². The number of rotatable bonds is 30. The highest BCUT2D eigenvalue weighted by Gasteiger charge is 2.39. The molecule has 0 atom stereocenters. The van der Waals surface area contributed by atoms with E-state index in [4.69, 9.17) is 0 Å². The van der Waals surface area contributed by atoms with Gasteiger partial charge in [0.05, 0.1) is 25.9 Å². The van der Waals surface area contributed by atoms with Gasteiger partial charge in [0.1, 0.15) is 0 Å². The van der Waals surface area contributed by atoms with Crippen molar-refractivity contribution in [1.82, 2.24) is 0 Å². The molecule has 0 aliphatic rings. The van der Waals surface area contributed by atoms with Gasteiger partial charge in [-0.05, 0) is 26.7 Å². The van der Waals surface area contributed by atoms with Crippen molar-refractivity contribution < 1.29 is 14.1 Å². The Hall–Kier alpha value is -0.700. The van der Waals surface area contributed by atoms with Crippen molar-refractivity contribution in [2.24, 2.45) is 0 Å². The number of carbonyl (C=O) groups is 2. The maximum atomic E-state index is 13.2. The standard InChI is InChI=1S/C36H72NO2/c1-5-9-11-13-15-17-19-21-23-25-27-29-31-33-35(38)37(7-3,8-4)36(39)34-32-30-28-26-24-22-20-18-16-14-12-10-6-2/h5-34H2,1-4H3/q+1. The van der Waals surface area contributed by atoms with Crippen LogP contribution in [-0.2, 0) is 9.59 Å². The highest BCUT2D eigenvalue weighted by Crippen LogP contribution is 2.19. The monoisotopic (exact) mass is 551 g/mol. The Labute approximate surface area is 246 Å². The topological polar surface area (TPSA) is 34.1 Å². The fourth-order valence-corrected chi connectivity index (χ4v) is 6.08. The van der Waals surface area contributed by atoms with Crippen LogP contribution in [0, 0.1) is 0 Å². The largest absolute Gasteiger partial charge is 0.321 e. The van der Waals surface area contributed by atoms with E-state index < -0.39 is 0 Å². The van der Waals surface area contributed by atoms with E-state index in [9.17, 15) is 9.59 Å². The minimum atomic E-state index is 0.0799. The maximum absolute atomic E-state index is 13.2. The average Bonchev–Trinajstić information content (AvgIpc) is 2.94. The van der Waals surface area contributed by atoms with Gasteiger partial charge in [-0.25, -0.2) is 9.59 Å². The van der Waals surface area contributed by atoms with Gasteiger partial charge in [-0.1, -0.05) is 168 Å². The lowest BCUT2D eigenvalue weighted by atomic mass is 10.0. The van der Waals surface area contributed by atoms with Gasteiger partial charge in [-0.15, -0.1) is 0 Å². The van der Waals surface area contributed by atoms with Crippen LogP contribution in [0.4, 0.5) is 0 Å². The molecule has 0 saturated carbocycles. The third-order valence-electron chi connectivity index (χ3n) is 9.02. The Morgan fingerprint density at radius 2 is 0.538 bits per heavy atom. The second-order valence-corrected chi connectivity index (χ2v) is 12.4. The molecule has 2 amide bonds. The Kier molecular flexibility index (Phi) is 28.3. The minimum absolute atomic E-state index is 0.0799. The molecule has 0 aliphatic carbocycles. The van der Waals surface area contributed by atoms with Crippen molar-refractivity contribution in [2.75, 3.05) is 13.1 Å². The molecule has 0 radical (unpaired) electrons. The molecule has 0 unspecified atom stereocenters. The average molecular weight is 551 g/mol. The van der Waals surface area contributed by atoms with E-state index in [1.54, 1.807) is 0 Å². The number of nitrogens with zero attached hydrogens (tertiary/aromatic N) is 1. The fraction of sp³-hybridized carbons (Fsp3) is 0.944. The summed E-state index contributed by atoms with van der Waals surface area (Å²) in [6, 6.07) is 0. The summed E-state index contributed by atoms with van der Waals surface area (Å²) in [5.41, 5.74) is 0. The first-order valence-electron chi connectivity index (χ1n) is 18.0. The number of amides is 2. The Balaban J connectivity index is 3.87. The van der Waals surface area contributed by atoms with Crippen LogP contribution in [0.15, 0.2) is 0 Å². The van der Waals surface area contributed by atoms with E-state index in [-0.39, 0.29) is 16.3 Å². The third-order valence-corrected chi connectivity index (χ3v) is 9.02. The summed E-state index contributed by atoms with van der Waals surface area (Å²) in [4.78, 5) is 26.3. The first-order chi connectivity index (χ1) is 19.1. The van der Waals surface area contributed by atoms with E-state index in [2.05, 4.69) is 13.8 Å². The van der Waals surface area contributed by atoms with E-state index in [1.807, 2.05) is 13.8 Å². The summed E-state index contributed by atoms with van der Waals surface area (Å²) in [7, 11) is 0. The number of hydrogen-bond acceptors (Lipinski definition) is 2. The molecule has 0 aromatic heterocycles. The van der Waals surface area contributed by atoms with Crippen LogP contribution in [-0.4, -0.2) is 29.4 Å². The Morgan fingerprint density at radius 3 is 0.744 bits per heavy atom. The van der Waals surface area contributed by atoms with Gasteiger partial charge in [0, 0.05) is 0 Å². The molecule has 0 fully saturated rings. The highest BCUT2D eigenvalue weighted by molar-refractivity contribution is 5.84. The zero-order valence-corrected chi connectivity index (χ0v) is 27.5. The minimum Gasteiger partial charge on any atom is -0.230 e. The van der Waals surface area contributed by atoms with Gasteiger partial charge in [-0.3, -0.25) is 0 Å². The molecule has 232 valence electrons. The lowest BCUT2D eigenvalue weighted by Crippen LogP contribution is -2.56. The molecule has 0 aromatic rings. The number of quaternary nitrogens is 1. The number of carbonyl (C=O) groups excluding carboxylic acids is 2. The van der Waals surface area contributed by atoms with E-state index in [0.29, 0.717) is 25.9 Å². The summed E-state index contributed by atoms with van der Waals surface area (Å²) in [5, 5.41) is 0. The van der Waals surface area contributed by atoms with Gasteiger partial charge in [0.25, 0.3) is 0 Å². The molecule has 0 spiro atoms. The predicted molar refractivity (Wildman–Crippen MR) is 172 cm³/mol. The quantitative estimate of drug-likeness (QED) is 0.0658. The van der Waals surface area contributed by atoms with Crippen molar-refractivity contribution >= 4 is 11.8 Å². The highest BCUT2D eigenvalue weighted by atomic mass is 16.2. The normalized spacial score (nSPS) is 11.8. The number of imide groups is 1. The number of hydrogen-bond donors (Lipinski definition) is 0. The SMILES string of the molecule is CCCCCCCCCCCCCCCC(=O)[N+](CC)(CC)C(=O)CCCCCCCCCCCCCCC. The summed E-state index contributed by atoms with van der Waals surface area (Å²) in [6.45, 7) is 9.83.